The number of alkyl halides is 1. The van der Waals surface area contributed by atoms with Crippen LogP contribution in [0.15, 0.2) is 0 Å². The Balaban J connectivity index is 3.73. The van der Waals surface area contributed by atoms with E-state index < -0.39 is 33.2 Å². The predicted molar refractivity (Wildman–Crippen MR) is 79.5 cm³/mol. The molecule has 0 saturated heterocycles. The van der Waals surface area contributed by atoms with Crippen molar-refractivity contribution in [1.29, 1.82) is 0 Å². The van der Waals surface area contributed by atoms with Crippen LogP contribution in [-0.4, -0.2) is 36.2 Å². The molecule has 7 nitrogen and oxygen atoms in total. The van der Waals surface area contributed by atoms with E-state index in [1.165, 1.54) is 0 Å². The normalized spacial score (nSPS) is 14.7. The first-order chi connectivity index (χ1) is 10.3. The van der Waals surface area contributed by atoms with Crippen molar-refractivity contribution >= 4 is 20.1 Å². The number of alkyl carbamates (subject to hydrolysis) is 1. The highest BCUT2D eigenvalue weighted by Crippen LogP contribution is 2.20. The summed E-state index contributed by atoms with van der Waals surface area (Å²) in [6, 6.07) is 0. The molecule has 3 unspecified atom stereocenters. The summed E-state index contributed by atoms with van der Waals surface area (Å²) in [4.78, 5) is 30.9. The third-order valence-corrected chi connectivity index (χ3v) is 3.62. The number of esters is 1. The van der Waals surface area contributed by atoms with Gasteiger partial charge in [-0.15, -0.1) is 0 Å². The molecular formula is C13H25FNO6P. The van der Waals surface area contributed by atoms with Crippen molar-refractivity contribution < 1.29 is 32.9 Å². The van der Waals surface area contributed by atoms with Crippen molar-refractivity contribution in [1.82, 2.24) is 5.32 Å². The Morgan fingerprint density at radius 2 is 1.95 bits per heavy atom. The van der Waals surface area contributed by atoms with Gasteiger partial charge in [0.2, 0.25) is 6.79 Å². The minimum atomic E-state index is -2.48. The summed E-state index contributed by atoms with van der Waals surface area (Å²) in [6.45, 7) is 3.12. The van der Waals surface area contributed by atoms with Gasteiger partial charge in [-0.05, 0) is 31.6 Å². The molecule has 1 amide bonds. The molecule has 0 aromatic rings. The smallest absolute Gasteiger partial charge is 0.412 e. The van der Waals surface area contributed by atoms with Crippen molar-refractivity contribution in [2.24, 2.45) is 5.92 Å². The van der Waals surface area contributed by atoms with Crippen molar-refractivity contribution in [3.05, 3.63) is 0 Å². The summed E-state index contributed by atoms with van der Waals surface area (Å²) in [5, 5.41) is 1.98. The Labute approximate surface area is 130 Å². The standard InChI is InChI=1S/C13H25FNO6P/c1-3-4-12(16)20-9-21-13(17)15-11(14)6-5-10(2)7-8-22(18)19/h10-11,22H,3-9H2,1-2H3,(H,15,17)(H,18,19). The second kappa shape index (κ2) is 12.4. The Morgan fingerprint density at radius 3 is 2.55 bits per heavy atom. The first kappa shape index (κ1) is 20.9. The molecule has 9 heteroatoms. The fourth-order valence-corrected chi connectivity index (χ4v) is 2.35. The van der Waals surface area contributed by atoms with Gasteiger partial charge in [-0.2, -0.15) is 0 Å². The fraction of sp³-hybridized carbons (Fsp3) is 0.846. The highest BCUT2D eigenvalue weighted by atomic mass is 31.1. The first-order valence-corrected chi connectivity index (χ1v) is 8.86. The second-order valence-corrected chi connectivity index (χ2v) is 6.33. The van der Waals surface area contributed by atoms with Crippen LogP contribution in [0.4, 0.5) is 9.18 Å². The van der Waals surface area contributed by atoms with E-state index in [0.717, 1.165) is 0 Å². The Hall–Kier alpha value is -1.14. The average molecular weight is 341 g/mol. The molecule has 0 radical (unpaired) electrons. The van der Waals surface area contributed by atoms with Crippen LogP contribution >= 0.6 is 8.03 Å². The average Bonchev–Trinajstić information content (AvgIpc) is 2.43. The van der Waals surface area contributed by atoms with Gasteiger partial charge in [0, 0.05) is 12.6 Å². The molecule has 130 valence electrons. The number of halogens is 1. The number of amides is 1. The number of nitrogens with one attached hydrogen (secondary N) is 1. The van der Waals surface area contributed by atoms with Gasteiger partial charge in [-0.25, -0.2) is 9.18 Å². The van der Waals surface area contributed by atoms with E-state index in [1.54, 1.807) is 0 Å². The van der Waals surface area contributed by atoms with Crippen LogP contribution in [0.25, 0.3) is 0 Å². The van der Waals surface area contributed by atoms with Gasteiger partial charge in [0.25, 0.3) is 0 Å². The molecule has 0 heterocycles. The van der Waals surface area contributed by atoms with Crippen LogP contribution in [0.3, 0.4) is 0 Å². The Bertz CT molecular complexity index is 368. The minimum Gasteiger partial charge on any atom is -0.428 e. The molecule has 3 atom stereocenters. The lowest BCUT2D eigenvalue weighted by Gasteiger charge is -2.14. The lowest BCUT2D eigenvalue weighted by Crippen LogP contribution is -2.33. The maximum Gasteiger partial charge on any atom is 0.412 e. The van der Waals surface area contributed by atoms with E-state index in [1.807, 2.05) is 19.2 Å². The quantitative estimate of drug-likeness (QED) is 0.259. The van der Waals surface area contributed by atoms with E-state index >= 15 is 0 Å². The zero-order valence-corrected chi connectivity index (χ0v) is 14.0. The molecule has 0 aliphatic rings. The van der Waals surface area contributed by atoms with E-state index in [2.05, 4.69) is 9.47 Å². The SMILES string of the molecule is CCCC(=O)OCOC(=O)NC(F)CCC(C)CC[PH](=O)O. The van der Waals surface area contributed by atoms with E-state index in [-0.39, 0.29) is 24.9 Å². The summed E-state index contributed by atoms with van der Waals surface area (Å²) in [6.07, 6.45) is -0.395. The van der Waals surface area contributed by atoms with Crippen LogP contribution < -0.4 is 5.32 Å². The summed E-state index contributed by atoms with van der Waals surface area (Å²) < 4.78 is 33.2. The minimum absolute atomic E-state index is 0.0816. The van der Waals surface area contributed by atoms with Crippen molar-refractivity contribution in [2.75, 3.05) is 13.0 Å². The second-order valence-electron chi connectivity index (χ2n) is 5.04. The number of hydrogen-bond acceptors (Lipinski definition) is 5. The number of carbonyl (C=O) groups excluding carboxylic acids is 2. The molecule has 2 N–H and O–H groups in total. The van der Waals surface area contributed by atoms with E-state index in [0.29, 0.717) is 19.3 Å². The molecule has 0 aliphatic heterocycles. The van der Waals surface area contributed by atoms with Gasteiger partial charge < -0.3 is 14.4 Å². The van der Waals surface area contributed by atoms with Gasteiger partial charge in [0.1, 0.15) is 0 Å². The van der Waals surface area contributed by atoms with Gasteiger partial charge in [0.05, 0.1) is 0 Å². The molecule has 0 bridgehead atoms. The van der Waals surface area contributed by atoms with Crippen LogP contribution in [0.5, 0.6) is 0 Å². The topological polar surface area (TPSA) is 102 Å². The predicted octanol–water partition coefficient (Wildman–Crippen LogP) is 2.58. The van der Waals surface area contributed by atoms with Gasteiger partial charge in [-0.1, -0.05) is 13.8 Å². The maximum absolute atomic E-state index is 13.5. The van der Waals surface area contributed by atoms with Crippen molar-refractivity contribution in [3.63, 3.8) is 0 Å². The molecule has 0 aliphatic carbocycles. The molecular weight excluding hydrogens is 316 g/mol. The highest BCUT2D eigenvalue weighted by Gasteiger charge is 2.14. The molecule has 0 aromatic heterocycles. The van der Waals surface area contributed by atoms with Gasteiger partial charge in [-0.3, -0.25) is 14.7 Å². The first-order valence-electron chi connectivity index (χ1n) is 7.29. The third kappa shape index (κ3) is 12.6. The summed E-state index contributed by atoms with van der Waals surface area (Å²) in [5.74, 6) is -0.392. The number of rotatable bonds is 11. The van der Waals surface area contributed by atoms with Gasteiger partial charge >= 0.3 is 12.1 Å². The monoisotopic (exact) mass is 341 g/mol. The summed E-state index contributed by atoms with van der Waals surface area (Å²) >= 11 is 0. The van der Waals surface area contributed by atoms with Gasteiger partial charge in [0.15, 0.2) is 14.3 Å². The van der Waals surface area contributed by atoms with Crippen LogP contribution in [0, 0.1) is 5.92 Å². The van der Waals surface area contributed by atoms with Crippen LogP contribution in [0.1, 0.15) is 46.0 Å². The largest absolute Gasteiger partial charge is 0.428 e. The zero-order chi connectivity index (χ0) is 17.0. The molecule has 0 saturated carbocycles. The van der Waals surface area contributed by atoms with Crippen molar-refractivity contribution in [3.8, 4) is 0 Å². The molecule has 0 aromatic carbocycles. The summed E-state index contributed by atoms with van der Waals surface area (Å²) in [7, 11) is -2.48. The lowest BCUT2D eigenvalue weighted by atomic mass is 10.0. The molecule has 22 heavy (non-hydrogen) atoms. The Morgan fingerprint density at radius 1 is 1.27 bits per heavy atom. The van der Waals surface area contributed by atoms with Crippen LogP contribution in [0.2, 0.25) is 0 Å². The number of ether oxygens (including phenoxy) is 2. The van der Waals surface area contributed by atoms with E-state index in [9.17, 15) is 18.5 Å². The molecule has 0 spiro atoms. The van der Waals surface area contributed by atoms with E-state index in [4.69, 9.17) is 4.89 Å². The third-order valence-electron chi connectivity index (χ3n) is 2.90. The maximum atomic E-state index is 13.5. The summed E-state index contributed by atoms with van der Waals surface area (Å²) in [5.41, 5.74) is 0. The lowest BCUT2D eigenvalue weighted by molar-refractivity contribution is -0.151. The number of carbonyl (C=O) groups is 2. The molecule has 0 rings (SSSR count). The van der Waals surface area contributed by atoms with Crippen molar-refractivity contribution in [2.45, 2.75) is 52.2 Å². The fourth-order valence-electron chi connectivity index (χ4n) is 1.61. The zero-order valence-electron chi connectivity index (χ0n) is 13.0. The highest BCUT2D eigenvalue weighted by molar-refractivity contribution is 7.37. The molecule has 0 fully saturated rings. The number of hydrogen-bond donors (Lipinski definition) is 2. The van der Waals surface area contributed by atoms with Crippen LogP contribution in [-0.2, 0) is 18.8 Å². The Kier molecular flexibility index (Phi) is 11.8.